The minimum Gasteiger partial charge on any atom is -0.497 e. The van der Waals surface area contributed by atoms with E-state index in [2.05, 4.69) is 5.32 Å². The molecule has 6 heteroatoms. The number of carbonyl (C=O) groups is 2. The lowest BCUT2D eigenvalue weighted by molar-refractivity contribution is -0.139. The van der Waals surface area contributed by atoms with Crippen molar-refractivity contribution in [2.45, 2.75) is 25.3 Å². The van der Waals surface area contributed by atoms with Crippen molar-refractivity contribution in [2.75, 3.05) is 14.2 Å². The van der Waals surface area contributed by atoms with Gasteiger partial charge in [0.1, 0.15) is 11.5 Å². The van der Waals surface area contributed by atoms with Crippen molar-refractivity contribution in [3.8, 4) is 11.5 Å². The highest BCUT2D eigenvalue weighted by molar-refractivity contribution is 5.81. The molecule has 6 nitrogen and oxygen atoms in total. The van der Waals surface area contributed by atoms with Crippen molar-refractivity contribution in [3.05, 3.63) is 59.7 Å². The van der Waals surface area contributed by atoms with Crippen LogP contribution >= 0.6 is 0 Å². The zero-order chi connectivity index (χ0) is 19.2. The molecule has 0 aliphatic carbocycles. The number of methoxy groups -OCH3 is 2. The minimum atomic E-state index is -1.06. The van der Waals surface area contributed by atoms with E-state index < -0.39 is 11.5 Å². The molecule has 0 spiro atoms. The van der Waals surface area contributed by atoms with Crippen molar-refractivity contribution in [2.24, 2.45) is 0 Å². The third-order valence-electron chi connectivity index (χ3n) is 4.13. The number of aliphatic carboxylic acids is 1. The van der Waals surface area contributed by atoms with Crippen LogP contribution in [0.4, 0.5) is 0 Å². The van der Waals surface area contributed by atoms with E-state index in [0.717, 1.165) is 5.56 Å². The highest BCUT2D eigenvalue weighted by Gasteiger charge is 2.31. The molecule has 0 saturated carbocycles. The highest BCUT2D eigenvalue weighted by Crippen LogP contribution is 2.28. The summed E-state index contributed by atoms with van der Waals surface area (Å²) in [5.74, 6) is -0.0145. The van der Waals surface area contributed by atoms with Crippen LogP contribution < -0.4 is 14.8 Å². The number of carboxylic acid groups (broad SMARTS) is 1. The van der Waals surface area contributed by atoms with Crippen LogP contribution in [-0.2, 0) is 21.5 Å². The van der Waals surface area contributed by atoms with E-state index in [1.54, 1.807) is 56.5 Å². The summed E-state index contributed by atoms with van der Waals surface area (Å²) in [4.78, 5) is 23.9. The molecule has 0 aliphatic rings. The lowest BCUT2D eigenvalue weighted by Gasteiger charge is -2.30. The van der Waals surface area contributed by atoms with Crippen LogP contribution in [0, 0.1) is 0 Å². The van der Waals surface area contributed by atoms with Gasteiger partial charge in [-0.2, -0.15) is 0 Å². The standard InChI is InChI=1S/C20H23NO5/c1-20(13-19(23)24,15-7-5-9-17(12-15)26-3)21-18(22)11-14-6-4-8-16(10-14)25-2/h4-10,12H,11,13H2,1-3H3,(H,21,22)(H,23,24). The zero-order valence-corrected chi connectivity index (χ0v) is 15.1. The second-order valence-corrected chi connectivity index (χ2v) is 6.21. The van der Waals surface area contributed by atoms with Crippen molar-refractivity contribution in [1.82, 2.24) is 5.32 Å². The van der Waals surface area contributed by atoms with Gasteiger partial charge >= 0.3 is 5.97 Å². The maximum atomic E-state index is 12.6. The molecule has 26 heavy (non-hydrogen) atoms. The Morgan fingerprint density at radius 3 is 2.27 bits per heavy atom. The number of ether oxygens (including phenoxy) is 2. The second kappa shape index (κ2) is 8.38. The van der Waals surface area contributed by atoms with Gasteiger partial charge in [0.25, 0.3) is 0 Å². The molecule has 0 aromatic heterocycles. The molecule has 2 rings (SSSR count). The van der Waals surface area contributed by atoms with Crippen LogP contribution in [0.15, 0.2) is 48.5 Å². The Morgan fingerprint density at radius 1 is 1.04 bits per heavy atom. The number of carbonyl (C=O) groups excluding carboxylic acids is 1. The number of carboxylic acids is 1. The SMILES string of the molecule is COc1cccc(CC(=O)NC(C)(CC(=O)O)c2cccc(OC)c2)c1. The predicted octanol–water partition coefficient (Wildman–Crippen LogP) is 2.75. The molecule has 0 fully saturated rings. The predicted molar refractivity (Wildman–Crippen MR) is 97.4 cm³/mol. The summed E-state index contributed by atoms with van der Waals surface area (Å²) in [6.45, 7) is 1.69. The van der Waals surface area contributed by atoms with E-state index in [1.807, 2.05) is 6.07 Å². The largest absolute Gasteiger partial charge is 0.497 e. The summed E-state index contributed by atoms with van der Waals surface area (Å²) >= 11 is 0. The van der Waals surface area contributed by atoms with Crippen LogP contribution in [0.25, 0.3) is 0 Å². The van der Waals surface area contributed by atoms with Crippen LogP contribution in [-0.4, -0.2) is 31.2 Å². The normalized spacial score (nSPS) is 12.7. The van der Waals surface area contributed by atoms with E-state index in [9.17, 15) is 14.7 Å². The van der Waals surface area contributed by atoms with Crippen LogP contribution in [0.1, 0.15) is 24.5 Å². The number of nitrogens with one attached hydrogen (secondary N) is 1. The van der Waals surface area contributed by atoms with Gasteiger partial charge in [0.05, 0.1) is 32.6 Å². The third-order valence-corrected chi connectivity index (χ3v) is 4.13. The van der Waals surface area contributed by atoms with Gasteiger partial charge in [-0.05, 0) is 42.3 Å². The maximum absolute atomic E-state index is 12.6. The third kappa shape index (κ3) is 4.99. The first-order valence-electron chi connectivity index (χ1n) is 8.16. The second-order valence-electron chi connectivity index (χ2n) is 6.21. The fourth-order valence-electron chi connectivity index (χ4n) is 2.81. The van der Waals surface area contributed by atoms with Gasteiger partial charge in [-0.1, -0.05) is 24.3 Å². The first-order valence-corrected chi connectivity index (χ1v) is 8.16. The van der Waals surface area contributed by atoms with E-state index in [0.29, 0.717) is 17.1 Å². The van der Waals surface area contributed by atoms with Crippen molar-refractivity contribution >= 4 is 11.9 Å². The topological polar surface area (TPSA) is 84.9 Å². The number of hydrogen-bond acceptors (Lipinski definition) is 4. The Kier molecular flexibility index (Phi) is 6.22. The molecule has 1 amide bonds. The highest BCUT2D eigenvalue weighted by atomic mass is 16.5. The lowest BCUT2D eigenvalue weighted by atomic mass is 9.88. The molecule has 2 N–H and O–H groups in total. The minimum absolute atomic E-state index is 0.121. The van der Waals surface area contributed by atoms with Gasteiger partial charge in [0.15, 0.2) is 0 Å². The monoisotopic (exact) mass is 357 g/mol. The first-order chi connectivity index (χ1) is 12.4. The molecule has 0 bridgehead atoms. The number of hydrogen-bond donors (Lipinski definition) is 2. The molecule has 0 aliphatic heterocycles. The fourth-order valence-corrected chi connectivity index (χ4v) is 2.81. The molecule has 2 aromatic carbocycles. The van der Waals surface area contributed by atoms with E-state index >= 15 is 0 Å². The summed E-state index contributed by atoms with van der Waals surface area (Å²) in [5.41, 5.74) is 0.388. The van der Waals surface area contributed by atoms with E-state index in [1.165, 1.54) is 7.11 Å². The maximum Gasteiger partial charge on any atom is 0.306 e. The summed E-state index contributed by atoms with van der Waals surface area (Å²) in [6, 6.07) is 14.2. The van der Waals surface area contributed by atoms with Crippen LogP contribution in [0.2, 0.25) is 0 Å². The van der Waals surface area contributed by atoms with Gasteiger partial charge < -0.3 is 19.9 Å². The van der Waals surface area contributed by atoms with Gasteiger partial charge in [-0.25, -0.2) is 0 Å². The fraction of sp³-hybridized carbons (Fsp3) is 0.300. The van der Waals surface area contributed by atoms with E-state index in [4.69, 9.17) is 9.47 Å². The Hall–Kier alpha value is -3.02. The number of rotatable bonds is 8. The van der Waals surface area contributed by atoms with E-state index in [-0.39, 0.29) is 18.7 Å². The Bertz CT molecular complexity index is 789. The molecule has 1 atom stereocenters. The van der Waals surface area contributed by atoms with Crippen molar-refractivity contribution < 1.29 is 24.2 Å². The summed E-state index contributed by atoms with van der Waals surface area (Å²) in [6.07, 6.45) is -0.125. The average Bonchev–Trinajstić information content (AvgIpc) is 2.61. The van der Waals surface area contributed by atoms with Gasteiger partial charge in [0.2, 0.25) is 5.91 Å². The molecule has 138 valence electrons. The van der Waals surface area contributed by atoms with Gasteiger partial charge in [0, 0.05) is 0 Å². The van der Waals surface area contributed by atoms with Gasteiger partial charge in [-0.3, -0.25) is 9.59 Å². The molecule has 0 saturated heterocycles. The van der Waals surface area contributed by atoms with Gasteiger partial charge in [-0.15, -0.1) is 0 Å². The van der Waals surface area contributed by atoms with Crippen molar-refractivity contribution in [1.29, 1.82) is 0 Å². The molecule has 1 unspecified atom stereocenters. The summed E-state index contributed by atoms with van der Waals surface area (Å²) in [7, 11) is 3.10. The van der Waals surface area contributed by atoms with Crippen LogP contribution in [0.5, 0.6) is 11.5 Å². The average molecular weight is 357 g/mol. The quantitative estimate of drug-likeness (QED) is 0.759. The summed E-state index contributed by atoms with van der Waals surface area (Å²) < 4.78 is 10.4. The van der Waals surface area contributed by atoms with Crippen molar-refractivity contribution in [3.63, 3.8) is 0 Å². The number of benzene rings is 2. The molecule has 0 heterocycles. The smallest absolute Gasteiger partial charge is 0.306 e. The summed E-state index contributed by atoms with van der Waals surface area (Å²) in [5, 5.41) is 12.2. The number of amides is 1. The molecule has 0 radical (unpaired) electrons. The Morgan fingerprint density at radius 2 is 1.65 bits per heavy atom. The van der Waals surface area contributed by atoms with Crippen LogP contribution in [0.3, 0.4) is 0 Å². The lowest BCUT2D eigenvalue weighted by Crippen LogP contribution is -2.45. The Balaban J connectivity index is 2.23. The molecular formula is C20H23NO5. The molecular weight excluding hydrogens is 334 g/mol. The zero-order valence-electron chi connectivity index (χ0n) is 15.1. The first kappa shape index (κ1) is 19.3. The molecule has 2 aromatic rings. The Labute approximate surface area is 152 Å².